The molecule has 0 spiro atoms. The number of esters is 1. The van der Waals surface area contributed by atoms with Gasteiger partial charge in [-0.25, -0.2) is 4.79 Å². The van der Waals surface area contributed by atoms with Crippen molar-refractivity contribution in [3.63, 3.8) is 0 Å². The van der Waals surface area contributed by atoms with E-state index in [1.807, 2.05) is 57.5 Å². The van der Waals surface area contributed by atoms with Gasteiger partial charge in [-0.2, -0.15) is 0 Å². The van der Waals surface area contributed by atoms with Crippen molar-refractivity contribution < 1.29 is 19.1 Å². The summed E-state index contributed by atoms with van der Waals surface area (Å²) in [7, 11) is 3.18. The molecule has 0 bridgehead atoms. The molecule has 33 heavy (non-hydrogen) atoms. The van der Waals surface area contributed by atoms with Crippen LogP contribution in [0.25, 0.3) is 0 Å². The van der Waals surface area contributed by atoms with Gasteiger partial charge in [0.05, 0.1) is 18.4 Å². The van der Waals surface area contributed by atoms with Crippen molar-refractivity contribution in [3.05, 3.63) is 51.2 Å². The third-order valence-electron chi connectivity index (χ3n) is 5.16. The minimum atomic E-state index is -0.444. The molecule has 3 rings (SSSR count). The Balaban J connectivity index is 1.62. The van der Waals surface area contributed by atoms with E-state index < -0.39 is 5.97 Å². The highest BCUT2D eigenvalue weighted by Gasteiger charge is 2.23. The molecule has 0 unspecified atom stereocenters. The normalized spacial score (nSPS) is 10.8. The second-order valence-corrected chi connectivity index (χ2v) is 9.71. The molecule has 0 fully saturated rings. The fourth-order valence-electron chi connectivity index (χ4n) is 3.30. The molecule has 176 valence electrons. The van der Waals surface area contributed by atoms with Gasteiger partial charge < -0.3 is 19.4 Å². The summed E-state index contributed by atoms with van der Waals surface area (Å²) in [5.41, 5.74) is 3.51. The Morgan fingerprint density at radius 1 is 1.21 bits per heavy atom. The quantitative estimate of drug-likeness (QED) is 0.351. The minimum Gasteiger partial charge on any atom is -0.485 e. The van der Waals surface area contributed by atoms with Gasteiger partial charge in [0.15, 0.2) is 11.0 Å². The van der Waals surface area contributed by atoms with Crippen LogP contribution in [0.4, 0.5) is 5.00 Å². The monoisotopic (exact) mass is 488 g/mol. The van der Waals surface area contributed by atoms with Crippen LogP contribution in [0.3, 0.4) is 0 Å². The fraction of sp³-hybridized carbons (Fsp3) is 0.391. The molecule has 0 atom stereocenters. The van der Waals surface area contributed by atoms with Crippen molar-refractivity contribution in [2.45, 2.75) is 45.9 Å². The van der Waals surface area contributed by atoms with E-state index in [0.29, 0.717) is 28.0 Å². The van der Waals surface area contributed by atoms with Crippen molar-refractivity contribution in [2.24, 2.45) is 7.05 Å². The van der Waals surface area contributed by atoms with Crippen LogP contribution in [0.15, 0.2) is 23.4 Å². The largest absolute Gasteiger partial charge is 0.485 e. The van der Waals surface area contributed by atoms with Gasteiger partial charge in [0.25, 0.3) is 0 Å². The Morgan fingerprint density at radius 2 is 1.97 bits per heavy atom. The molecule has 0 aliphatic carbocycles. The van der Waals surface area contributed by atoms with Gasteiger partial charge in [-0.05, 0) is 49.9 Å². The van der Waals surface area contributed by atoms with E-state index in [0.717, 1.165) is 27.3 Å². The third kappa shape index (κ3) is 5.75. The van der Waals surface area contributed by atoms with Gasteiger partial charge in [-0.1, -0.05) is 30.8 Å². The first-order valence-corrected chi connectivity index (χ1v) is 12.3. The topological polar surface area (TPSA) is 95.3 Å². The fourth-order valence-corrected chi connectivity index (χ4v) is 5.18. The zero-order chi connectivity index (χ0) is 24.1. The molecule has 0 aliphatic rings. The Kier molecular flexibility index (Phi) is 8.15. The van der Waals surface area contributed by atoms with Gasteiger partial charge in [-0.15, -0.1) is 21.5 Å². The summed E-state index contributed by atoms with van der Waals surface area (Å²) in [4.78, 5) is 25.8. The molecule has 0 saturated carbocycles. The van der Waals surface area contributed by atoms with Crippen LogP contribution in [-0.2, 0) is 29.6 Å². The molecule has 0 saturated heterocycles. The lowest BCUT2D eigenvalue weighted by Gasteiger charge is -2.10. The van der Waals surface area contributed by atoms with E-state index in [1.54, 1.807) is 0 Å². The average molecular weight is 489 g/mol. The second-order valence-electron chi connectivity index (χ2n) is 7.54. The third-order valence-corrected chi connectivity index (χ3v) is 7.25. The molecule has 1 amide bonds. The van der Waals surface area contributed by atoms with Gasteiger partial charge in [-0.3, -0.25) is 4.79 Å². The van der Waals surface area contributed by atoms with Crippen LogP contribution in [0.5, 0.6) is 5.75 Å². The predicted octanol–water partition coefficient (Wildman–Crippen LogP) is 4.46. The highest BCUT2D eigenvalue weighted by Crippen LogP contribution is 2.34. The van der Waals surface area contributed by atoms with E-state index in [9.17, 15) is 9.59 Å². The maximum atomic E-state index is 12.6. The summed E-state index contributed by atoms with van der Waals surface area (Å²) in [5.74, 6) is 0.924. The highest BCUT2D eigenvalue weighted by molar-refractivity contribution is 7.99. The van der Waals surface area contributed by atoms with E-state index in [1.165, 1.54) is 30.2 Å². The van der Waals surface area contributed by atoms with Crippen molar-refractivity contribution in [3.8, 4) is 5.75 Å². The first-order valence-electron chi connectivity index (χ1n) is 10.5. The van der Waals surface area contributed by atoms with Gasteiger partial charge in [0.2, 0.25) is 5.91 Å². The van der Waals surface area contributed by atoms with Crippen molar-refractivity contribution in [1.82, 2.24) is 14.8 Å². The van der Waals surface area contributed by atoms with Crippen molar-refractivity contribution >= 4 is 40.0 Å². The van der Waals surface area contributed by atoms with Crippen LogP contribution in [0.1, 0.15) is 44.7 Å². The molecule has 10 heteroatoms. The first-order chi connectivity index (χ1) is 15.7. The van der Waals surface area contributed by atoms with Gasteiger partial charge >= 0.3 is 5.97 Å². The Morgan fingerprint density at radius 3 is 2.67 bits per heavy atom. The van der Waals surface area contributed by atoms with E-state index in [4.69, 9.17) is 9.47 Å². The summed E-state index contributed by atoms with van der Waals surface area (Å²) >= 11 is 2.65. The number of thioether (sulfide) groups is 1. The van der Waals surface area contributed by atoms with E-state index in [-0.39, 0.29) is 18.3 Å². The zero-order valence-electron chi connectivity index (χ0n) is 19.6. The molecule has 3 aromatic rings. The second kappa shape index (κ2) is 10.8. The molecule has 0 aliphatic heterocycles. The summed E-state index contributed by atoms with van der Waals surface area (Å²) in [6.45, 7) is 8.19. The number of hydrogen-bond acceptors (Lipinski definition) is 8. The Bertz CT molecular complexity index is 1170. The number of carbonyl (C=O) groups is 2. The lowest BCUT2D eigenvalue weighted by Crippen LogP contribution is -2.16. The summed E-state index contributed by atoms with van der Waals surface area (Å²) in [5, 5.41) is 12.4. The molecule has 8 nitrogen and oxygen atoms in total. The number of aryl methyl sites for hydroxylation is 3. The van der Waals surface area contributed by atoms with Crippen LogP contribution in [0.2, 0.25) is 0 Å². The minimum absolute atomic E-state index is 0.128. The Hall–Kier alpha value is -2.85. The van der Waals surface area contributed by atoms with E-state index >= 15 is 0 Å². The highest BCUT2D eigenvalue weighted by atomic mass is 32.2. The van der Waals surface area contributed by atoms with Crippen LogP contribution >= 0.6 is 23.1 Å². The maximum absolute atomic E-state index is 12.6. The smallest absolute Gasteiger partial charge is 0.341 e. The number of rotatable bonds is 9. The number of anilines is 1. The number of nitrogens with one attached hydrogen (secondary N) is 1. The van der Waals surface area contributed by atoms with Crippen LogP contribution in [-0.4, -0.2) is 39.5 Å². The number of thiophene rings is 1. The molecular weight excluding hydrogens is 460 g/mol. The number of methoxy groups -OCH3 is 1. The van der Waals surface area contributed by atoms with Crippen LogP contribution in [0, 0.1) is 20.8 Å². The summed E-state index contributed by atoms with van der Waals surface area (Å²) < 4.78 is 12.6. The average Bonchev–Trinajstić information content (AvgIpc) is 3.30. The summed E-state index contributed by atoms with van der Waals surface area (Å²) in [6.07, 6.45) is 0.684. The van der Waals surface area contributed by atoms with Crippen LogP contribution < -0.4 is 10.1 Å². The number of nitrogens with zero attached hydrogens (tertiary/aromatic N) is 3. The van der Waals surface area contributed by atoms with Crippen molar-refractivity contribution in [2.75, 3.05) is 18.2 Å². The maximum Gasteiger partial charge on any atom is 0.341 e. The lowest BCUT2D eigenvalue weighted by molar-refractivity contribution is -0.113. The molecule has 0 radical (unpaired) electrons. The van der Waals surface area contributed by atoms with Crippen molar-refractivity contribution in [1.29, 1.82) is 0 Å². The molecular formula is C23H28N4O4S2. The number of carbonyl (C=O) groups excluding carboxylic acids is 2. The number of aromatic nitrogens is 3. The molecule has 1 N–H and O–H groups in total. The molecule has 2 heterocycles. The number of ether oxygens (including phenoxy) is 2. The Labute approximate surface area is 201 Å². The lowest BCUT2D eigenvalue weighted by atomic mass is 10.1. The molecule has 1 aromatic carbocycles. The first kappa shape index (κ1) is 24.8. The van der Waals surface area contributed by atoms with Gasteiger partial charge in [0, 0.05) is 11.9 Å². The summed E-state index contributed by atoms with van der Waals surface area (Å²) in [6, 6.07) is 6.05. The standard InChI is InChI=1S/C23H28N4O4S2/c1-7-16-15(4)33-21(20(16)22(29)30-6)24-19(28)12-32-23-26-25-18(27(23)5)11-31-17-10-13(2)8-9-14(17)3/h8-10H,7,11-12H2,1-6H3,(H,24,28). The van der Waals surface area contributed by atoms with Gasteiger partial charge in [0.1, 0.15) is 17.4 Å². The van der Waals surface area contributed by atoms with E-state index in [2.05, 4.69) is 15.5 Å². The molecule has 2 aromatic heterocycles. The number of hydrogen-bond donors (Lipinski definition) is 1. The predicted molar refractivity (Wildman–Crippen MR) is 130 cm³/mol. The number of benzene rings is 1. The zero-order valence-corrected chi connectivity index (χ0v) is 21.3. The number of amides is 1. The SMILES string of the molecule is CCc1c(C)sc(NC(=O)CSc2nnc(COc3cc(C)ccc3C)n2C)c1C(=O)OC.